The number of nitrogens with one attached hydrogen (secondary N) is 1. The second kappa shape index (κ2) is 7.00. The van der Waals surface area contributed by atoms with E-state index in [0.717, 1.165) is 37.0 Å². The lowest BCUT2D eigenvalue weighted by Gasteiger charge is -2.10. The molecule has 0 atom stereocenters. The zero-order chi connectivity index (χ0) is 18.9. The van der Waals surface area contributed by atoms with Crippen LogP contribution in [-0.4, -0.2) is 19.5 Å². The van der Waals surface area contributed by atoms with Crippen LogP contribution in [0.15, 0.2) is 68.9 Å². The minimum absolute atomic E-state index is 0.119. The summed E-state index contributed by atoms with van der Waals surface area (Å²) in [6.07, 6.45) is 3.59. The van der Waals surface area contributed by atoms with Gasteiger partial charge in [0.25, 0.3) is 5.91 Å². The van der Waals surface area contributed by atoms with Crippen molar-refractivity contribution in [2.45, 2.75) is 35.5 Å². The Hall–Kier alpha value is -2.93. The number of hydrogen-bond acceptors (Lipinski definition) is 5. The van der Waals surface area contributed by atoms with Crippen LogP contribution in [-0.2, 0) is 22.7 Å². The molecule has 0 saturated carbocycles. The van der Waals surface area contributed by atoms with E-state index in [2.05, 4.69) is 10.5 Å². The minimum Gasteiger partial charge on any atom is -0.360 e. The quantitative estimate of drug-likeness (QED) is 0.744. The van der Waals surface area contributed by atoms with Crippen molar-refractivity contribution in [3.63, 3.8) is 0 Å². The van der Waals surface area contributed by atoms with Gasteiger partial charge in [0.2, 0.25) is 9.84 Å². The monoisotopic (exact) mass is 382 g/mol. The molecular formula is C20H18N2O4S. The molecule has 0 aliphatic heterocycles. The van der Waals surface area contributed by atoms with E-state index in [-0.39, 0.29) is 15.5 Å². The molecule has 1 aromatic heterocycles. The van der Waals surface area contributed by atoms with Gasteiger partial charge in [0.1, 0.15) is 5.76 Å². The van der Waals surface area contributed by atoms with Gasteiger partial charge in [-0.3, -0.25) is 4.79 Å². The molecule has 1 aliphatic rings. The molecule has 4 rings (SSSR count). The molecule has 1 N–H and O–H groups in total. The number of hydrogen-bond donors (Lipinski definition) is 1. The lowest BCUT2D eigenvalue weighted by Crippen LogP contribution is -2.16. The van der Waals surface area contributed by atoms with Crippen LogP contribution in [0.3, 0.4) is 0 Å². The summed E-state index contributed by atoms with van der Waals surface area (Å²) in [5.74, 6) is 0.378. The molecular weight excluding hydrogens is 364 g/mol. The summed E-state index contributed by atoms with van der Waals surface area (Å²) in [7, 11) is -3.65. The SMILES string of the molecule is O=C(Nc1cccc(S(=O)(=O)c2ccccc2)c1)c1noc2c1CCCC2. The smallest absolute Gasteiger partial charge is 0.278 e. The number of fused-ring (bicyclic) bond motifs is 1. The maximum absolute atomic E-state index is 12.8. The highest BCUT2D eigenvalue weighted by molar-refractivity contribution is 7.91. The molecule has 0 radical (unpaired) electrons. The van der Waals surface area contributed by atoms with Crippen molar-refractivity contribution in [1.82, 2.24) is 5.16 Å². The summed E-state index contributed by atoms with van der Waals surface area (Å²) in [6, 6.07) is 14.4. The molecule has 3 aromatic rings. The Morgan fingerprint density at radius 3 is 2.52 bits per heavy atom. The van der Waals surface area contributed by atoms with Gasteiger partial charge in [-0.15, -0.1) is 0 Å². The summed E-state index contributed by atoms with van der Waals surface area (Å²) in [4.78, 5) is 12.9. The molecule has 1 heterocycles. The van der Waals surface area contributed by atoms with Crippen LogP contribution in [0.1, 0.15) is 34.7 Å². The summed E-state index contributed by atoms with van der Waals surface area (Å²) < 4.78 is 30.8. The number of anilines is 1. The van der Waals surface area contributed by atoms with Crippen LogP contribution in [0.25, 0.3) is 0 Å². The molecule has 0 fully saturated rings. The van der Waals surface area contributed by atoms with Gasteiger partial charge < -0.3 is 9.84 Å². The van der Waals surface area contributed by atoms with E-state index in [1.54, 1.807) is 42.5 Å². The summed E-state index contributed by atoms with van der Waals surface area (Å²) in [5.41, 5.74) is 1.53. The fourth-order valence-electron chi connectivity index (χ4n) is 3.23. The fourth-order valence-corrected chi connectivity index (χ4v) is 4.56. The van der Waals surface area contributed by atoms with Crippen molar-refractivity contribution in [2.75, 3.05) is 5.32 Å². The Bertz CT molecular complexity index is 1090. The Balaban J connectivity index is 1.60. The first-order chi connectivity index (χ1) is 13.1. The number of benzene rings is 2. The van der Waals surface area contributed by atoms with Crippen LogP contribution < -0.4 is 5.32 Å². The van der Waals surface area contributed by atoms with Crippen molar-refractivity contribution in [1.29, 1.82) is 0 Å². The lowest BCUT2D eigenvalue weighted by molar-refractivity contribution is 0.101. The summed E-state index contributed by atoms with van der Waals surface area (Å²) >= 11 is 0. The molecule has 27 heavy (non-hydrogen) atoms. The zero-order valence-electron chi connectivity index (χ0n) is 14.5. The number of aryl methyl sites for hydroxylation is 1. The van der Waals surface area contributed by atoms with Gasteiger partial charge >= 0.3 is 0 Å². The Morgan fingerprint density at radius 1 is 0.963 bits per heavy atom. The van der Waals surface area contributed by atoms with Crippen LogP contribution in [0.5, 0.6) is 0 Å². The Kier molecular flexibility index (Phi) is 4.53. The molecule has 0 saturated heterocycles. The van der Waals surface area contributed by atoms with Crippen molar-refractivity contribution in [2.24, 2.45) is 0 Å². The van der Waals surface area contributed by atoms with Gasteiger partial charge in [-0.25, -0.2) is 8.42 Å². The molecule has 7 heteroatoms. The van der Waals surface area contributed by atoms with Crippen LogP contribution in [0, 0.1) is 0 Å². The molecule has 2 aromatic carbocycles. The molecule has 0 unspecified atom stereocenters. The van der Waals surface area contributed by atoms with Crippen molar-refractivity contribution in [3.05, 3.63) is 71.6 Å². The first kappa shape index (κ1) is 17.5. The number of carbonyl (C=O) groups is 1. The van der Waals surface area contributed by atoms with Gasteiger partial charge in [-0.1, -0.05) is 29.4 Å². The Labute approximate surface area is 157 Å². The lowest BCUT2D eigenvalue weighted by atomic mass is 9.96. The van der Waals surface area contributed by atoms with Crippen LogP contribution >= 0.6 is 0 Å². The van der Waals surface area contributed by atoms with Gasteiger partial charge in [0.05, 0.1) is 9.79 Å². The topological polar surface area (TPSA) is 89.3 Å². The van der Waals surface area contributed by atoms with Gasteiger partial charge in [-0.05, 0) is 49.6 Å². The molecule has 6 nitrogen and oxygen atoms in total. The van der Waals surface area contributed by atoms with E-state index in [1.807, 2.05) is 0 Å². The predicted molar refractivity (Wildman–Crippen MR) is 99.4 cm³/mol. The normalized spacial score (nSPS) is 13.8. The number of nitrogens with zero attached hydrogens (tertiary/aromatic N) is 1. The van der Waals surface area contributed by atoms with E-state index < -0.39 is 15.7 Å². The zero-order valence-corrected chi connectivity index (χ0v) is 15.3. The number of amides is 1. The number of carbonyl (C=O) groups excluding carboxylic acids is 1. The van der Waals surface area contributed by atoms with E-state index in [4.69, 9.17) is 4.52 Å². The van der Waals surface area contributed by atoms with Crippen molar-refractivity contribution in [3.8, 4) is 0 Å². The summed E-state index contributed by atoms with van der Waals surface area (Å²) in [6.45, 7) is 0. The highest BCUT2D eigenvalue weighted by atomic mass is 32.2. The van der Waals surface area contributed by atoms with E-state index in [0.29, 0.717) is 5.69 Å². The second-order valence-electron chi connectivity index (χ2n) is 6.44. The minimum atomic E-state index is -3.65. The third kappa shape index (κ3) is 3.38. The first-order valence-corrected chi connectivity index (χ1v) is 10.2. The number of aromatic nitrogens is 1. The maximum Gasteiger partial charge on any atom is 0.278 e. The van der Waals surface area contributed by atoms with E-state index >= 15 is 0 Å². The van der Waals surface area contributed by atoms with Crippen LogP contribution in [0.2, 0.25) is 0 Å². The van der Waals surface area contributed by atoms with Crippen molar-refractivity contribution >= 4 is 21.4 Å². The van der Waals surface area contributed by atoms with E-state index in [1.165, 1.54) is 12.1 Å². The average Bonchev–Trinajstić information content (AvgIpc) is 3.13. The van der Waals surface area contributed by atoms with Gasteiger partial charge in [0.15, 0.2) is 5.69 Å². The largest absolute Gasteiger partial charge is 0.360 e. The molecule has 0 bridgehead atoms. The molecule has 1 aliphatic carbocycles. The average molecular weight is 382 g/mol. The standard InChI is InChI=1S/C20H18N2O4S/c23-20(19-17-11-4-5-12-18(17)26-22-19)21-14-7-6-10-16(13-14)27(24,25)15-8-2-1-3-9-15/h1-3,6-10,13H,4-5,11-12H2,(H,21,23). The van der Waals surface area contributed by atoms with Crippen LogP contribution in [0.4, 0.5) is 5.69 Å². The third-order valence-corrected chi connectivity index (χ3v) is 6.39. The van der Waals surface area contributed by atoms with Crippen molar-refractivity contribution < 1.29 is 17.7 Å². The second-order valence-corrected chi connectivity index (χ2v) is 8.39. The number of rotatable bonds is 4. The third-order valence-electron chi connectivity index (χ3n) is 4.62. The predicted octanol–water partition coefficient (Wildman–Crippen LogP) is 3.64. The highest BCUT2D eigenvalue weighted by Crippen LogP contribution is 2.26. The van der Waals surface area contributed by atoms with E-state index in [9.17, 15) is 13.2 Å². The molecule has 1 amide bonds. The summed E-state index contributed by atoms with van der Waals surface area (Å²) in [5, 5.41) is 6.64. The molecule has 0 spiro atoms. The van der Waals surface area contributed by atoms with Gasteiger partial charge in [-0.2, -0.15) is 0 Å². The highest BCUT2D eigenvalue weighted by Gasteiger charge is 2.24. The van der Waals surface area contributed by atoms with Gasteiger partial charge in [0, 0.05) is 17.7 Å². The number of sulfone groups is 1. The maximum atomic E-state index is 12.8. The first-order valence-electron chi connectivity index (χ1n) is 8.75. The molecule has 138 valence electrons. The fraction of sp³-hybridized carbons (Fsp3) is 0.200. The Morgan fingerprint density at radius 2 is 1.70 bits per heavy atom.